The van der Waals surface area contributed by atoms with Gasteiger partial charge in [0.25, 0.3) is 5.91 Å². The number of nitrogens with zero attached hydrogens (tertiary/aromatic N) is 2. The van der Waals surface area contributed by atoms with E-state index in [-0.39, 0.29) is 12.5 Å². The Hall–Kier alpha value is -2.47. The van der Waals surface area contributed by atoms with E-state index >= 15 is 0 Å². The average Bonchev–Trinajstić information content (AvgIpc) is 2.65. The summed E-state index contributed by atoms with van der Waals surface area (Å²) in [6, 6.07) is 7.78. The molecule has 6 heteroatoms. The number of para-hydroxylation sites is 1. The van der Waals surface area contributed by atoms with Crippen LogP contribution in [-0.2, 0) is 22.4 Å². The molecule has 6 nitrogen and oxygen atoms in total. The molecule has 0 saturated carbocycles. The Balaban J connectivity index is 1.79. The van der Waals surface area contributed by atoms with Crippen molar-refractivity contribution < 1.29 is 14.3 Å². The van der Waals surface area contributed by atoms with Gasteiger partial charge in [-0.2, -0.15) is 0 Å². The number of amides is 2. The van der Waals surface area contributed by atoms with Gasteiger partial charge in [-0.15, -0.1) is 0 Å². The zero-order valence-electron chi connectivity index (χ0n) is 14.0. The lowest BCUT2D eigenvalue weighted by atomic mass is 9.89. The van der Waals surface area contributed by atoms with Crippen LogP contribution in [-0.4, -0.2) is 47.5 Å². The molecular weight excluding hydrogens is 318 g/mol. The van der Waals surface area contributed by atoms with E-state index in [2.05, 4.69) is 0 Å². The number of hydrogen-bond donors (Lipinski definition) is 1. The summed E-state index contributed by atoms with van der Waals surface area (Å²) < 4.78 is 5.38. The third-order valence-electron chi connectivity index (χ3n) is 5.05. The van der Waals surface area contributed by atoms with E-state index in [1.807, 2.05) is 24.3 Å². The van der Waals surface area contributed by atoms with Crippen molar-refractivity contribution in [1.29, 1.82) is 0 Å². The van der Waals surface area contributed by atoms with Crippen LogP contribution < -0.4 is 5.73 Å². The molecule has 2 aliphatic rings. The van der Waals surface area contributed by atoms with Gasteiger partial charge in [-0.3, -0.25) is 14.6 Å². The van der Waals surface area contributed by atoms with Crippen molar-refractivity contribution in [2.75, 3.05) is 19.7 Å². The lowest BCUT2D eigenvalue weighted by Gasteiger charge is -2.32. The van der Waals surface area contributed by atoms with E-state index in [1.54, 1.807) is 4.90 Å². The molecule has 1 unspecified atom stereocenters. The summed E-state index contributed by atoms with van der Waals surface area (Å²) in [5, 5.41) is 0.885. The van der Waals surface area contributed by atoms with Crippen molar-refractivity contribution in [2.24, 2.45) is 5.73 Å². The quantitative estimate of drug-likeness (QED) is 0.897. The second-order valence-corrected chi connectivity index (χ2v) is 6.65. The summed E-state index contributed by atoms with van der Waals surface area (Å²) in [5.41, 5.74) is 9.05. The second-order valence-electron chi connectivity index (χ2n) is 6.65. The molecule has 1 aliphatic carbocycles. The zero-order valence-corrected chi connectivity index (χ0v) is 14.0. The highest BCUT2D eigenvalue weighted by Crippen LogP contribution is 2.30. The number of primary amides is 1. The van der Waals surface area contributed by atoms with Crippen molar-refractivity contribution in [2.45, 2.75) is 31.8 Å². The van der Waals surface area contributed by atoms with Crippen molar-refractivity contribution >= 4 is 22.7 Å². The summed E-state index contributed by atoms with van der Waals surface area (Å²) >= 11 is 0. The van der Waals surface area contributed by atoms with Crippen LogP contribution in [0.2, 0.25) is 0 Å². The number of carbonyl (C=O) groups excluding carboxylic acids is 2. The molecule has 2 N–H and O–H groups in total. The highest BCUT2D eigenvalue weighted by atomic mass is 16.5. The van der Waals surface area contributed by atoms with Crippen molar-refractivity contribution in [3.63, 3.8) is 0 Å². The number of pyridine rings is 1. The molecule has 1 aromatic carbocycles. The van der Waals surface area contributed by atoms with Crippen LogP contribution in [0.25, 0.3) is 10.9 Å². The van der Waals surface area contributed by atoms with Gasteiger partial charge in [-0.05, 0) is 37.3 Å². The molecule has 0 spiro atoms. The number of ether oxygens (including phenoxy) is 1. The summed E-state index contributed by atoms with van der Waals surface area (Å²) in [6.45, 7) is 0.998. The molecule has 2 amide bonds. The van der Waals surface area contributed by atoms with Crippen molar-refractivity contribution in [1.82, 2.24) is 9.88 Å². The standard InChI is InChI=1S/C19H21N3O3/c20-18(23)16-11-22(9-10-25-16)19(24)17-12-5-1-3-7-14(12)21-15-8-4-2-6-13(15)17/h1,3,5,7,16H,2,4,6,8-11H2,(H2,20,23). The third-order valence-corrected chi connectivity index (χ3v) is 5.05. The van der Waals surface area contributed by atoms with E-state index in [9.17, 15) is 9.59 Å². The molecular formula is C19H21N3O3. The van der Waals surface area contributed by atoms with E-state index in [1.165, 1.54) is 0 Å². The Labute approximate surface area is 146 Å². The van der Waals surface area contributed by atoms with Gasteiger partial charge in [0, 0.05) is 17.6 Å². The minimum absolute atomic E-state index is 0.0497. The van der Waals surface area contributed by atoms with Gasteiger partial charge >= 0.3 is 0 Å². The SMILES string of the molecule is NC(=O)C1CN(C(=O)c2c3c(nc4ccccc24)CCCC3)CCO1. The van der Waals surface area contributed by atoms with E-state index in [0.717, 1.165) is 53.4 Å². The van der Waals surface area contributed by atoms with Gasteiger partial charge in [0.1, 0.15) is 0 Å². The molecule has 1 aliphatic heterocycles. The largest absolute Gasteiger partial charge is 0.367 e. The molecule has 0 radical (unpaired) electrons. The molecule has 1 aromatic heterocycles. The van der Waals surface area contributed by atoms with E-state index in [0.29, 0.717) is 13.2 Å². The molecule has 130 valence electrons. The summed E-state index contributed by atoms with van der Waals surface area (Å²) in [7, 11) is 0. The summed E-state index contributed by atoms with van der Waals surface area (Å²) in [4.78, 5) is 31.3. The van der Waals surface area contributed by atoms with E-state index < -0.39 is 12.0 Å². The van der Waals surface area contributed by atoms with Gasteiger partial charge in [0.2, 0.25) is 5.91 Å². The van der Waals surface area contributed by atoms with Gasteiger partial charge in [-0.25, -0.2) is 0 Å². The van der Waals surface area contributed by atoms with Gasteiger partial charge in [0.05, 0.1) is 24.2 Å². The van der Waals surface area contributed by atoms with E-state index in [4.69, 9.17) is 15.5 Å². The summed E-state index contributed by atoms with van der Waals surface area (Å²) in [5.74, 6) is -0.578. The molecule has 2 aromatic rings. The number of carbonyl (C=O) groups is 2. The first-order valence-electron chi connectivity index (χ1n) is 8.76. The Morgan fingerprint density at radius 2 is 2.00 bits per heavy atom. The fraction of sp³-hybridized carbons (Fsp3) is 0.421. The van der Waals surface area contributed by atoms with Gasteiger partial charge in [0.15, 0.2) is 6.10 Å². The van der Waals surface area contributed by atoms with Crippen LogP contribution >= 0.6 is 0 Å². The minimum atomic E-state index is -0.735. The topological polar surface area (TPSA) is 85.5 Å². The van der Waals surface area contributed by atoms with Gasteiger partial charge < -0.3 is 15.4 Å². The number of nitrogens with two attached hydrogens (primary N) is 1. The maximum absolute atomic E-state index is 13.3. The number of morpholine rings is 1. The van der Waals surface area contributed by atoms with Crippen LogP contribution in [0.1, 0.15) is 34.5 Å². The molecule has 0 bridgehead atoms. The normalized spacial score (nSPS) is 20.3. The fourth-order valence-electron chi connectivity index (χ4n) is 3.78. The Morgan fingerprint density at radius 3 is 2.84 bits per heavy atom. The first-order chi connectivity index (χ1) is 12.1. The fourth-order valence-corrected chi connectivity index (χ4v) is 3.78. The average molecular weight is 339 g/mol. The molecule has 1 atom stereocenters. The Kier molecular flexibility index (Phi) is 4.13. The minimum Gasteiger partial charge on any atom is -0.367 e. The van der Waals surface area contributed by atoms with Crippen molar-refractivity contribution in [3.8, 4) is 0 Å². The third kappa shape index (κ3) is 2.87. The van der Waals surface area contributed by atoms with Gasteiger partial charge in [-0.1, -0.05) is 18.2 Å². The van der Waals surface area contributed by atoms with Crippen LogP contribution in [0.4, 0.5) is 0 Å². The smallest absolute Gasteiger partial charge is 0.255 e. The number of aryl methyl sites for hydroxylation is 1. The highest BCUT2D eigenvalue weighted by Gasteiger charge is 2.31. The lowest BCUT2D eigenvalue weighted by molar-refractivity contribution is -0.133. The molecule has 2 heterocycles. The molecule has 25 heavy (non-hydrogen) atoms. The second kappa shape index (κ2) is 6.44. The highest BCUT2D eigenvalue weighted by molar-refractivity contribution is 6.08. The predicted octanol–water partition coefficient (Wildman–Crippen LogP) is 1.44. The molecule has 1 saturated heterocycles. The number of fused-ring (bicyclic) bond motifs is 2. The maximum atomic E-state index is 13.3. The maximum Gasteiger partial charge on any atom is 0.255 e. The van der Waals surface area contributed by atoms with Crippen LogP contribution in [0.15, 0.2) is 24.3 Å². The number of rotatable bonds is 2. The number of hydrogen-bond acceptors (Lipinski definition) is 4. The lowest BCUT2D eigenvalue weighted by Crippen LogP contribution is -2.50. The van der Waals surface area contributed by atoms with Crippen LogP contribution in [0.3, 0.4) is 0 Å². The molecule has 1 fully saturated rings. The van der Waals surface area contributed by atoms with Crippen molar-refractivity contribution in [3.05, 3.63) is 41.1 Å². The number of aromatic nitrogens is 1. The monoisotopic (exact) mass is 339 g/mol. The Bertz CT molecular complexity index is 849. The number of benzene rings is 1. The summed E-state index contributed by atoms with van der Waals surface area (Å²) in [6.07, 6.45) is 3.22. The first-order valence-corrected chi connectivity index (χ1v) is 8.76. The zero-order chi connectivity index (χ0) is 17.4. The van der Waals surface area contributed by atoms with Crippen LogP contribution in [0.5, 0.6) is 0 Å². The Morgan fingerprint density at radius 1 is 1.20 bits per heavy atom. The molecule has 4 rings (SSSR count). The first kappa shape index (κ1) is 16.0. The van der Waals surface area contributed by atoms with Crippen LogP contribution in [0, 0.1) is 0 Å². The predicted molar refractivity (Wildman–Crippen MR) is 93.2 cm³/mol.